The van der Waals surface area contributed by atoms with Crippen LogP contribution in [0.4, 0.5) is 4.79 Å². The number of Topliss-reactive ketones (excluding diaryl/α,β-unsaturated/α-hetero) is 1. The van der Waals surface area contributed by atoms with Crippen molar-refractivity contribution in [2.45, 2.75) is 71.0 Å². The molecule has 1 N–H and O–H groups in total. The van der Waals surface area contributed by atoms with Crippen LogP contribution in [0.1, 0.15) is 63.4 Å². The topological polar surface area (TPSA) is 99.3 Å². The Labute approximate surface area is 219 Å². The van der Waals surface area contributed by atoms with E-state index in [0.717, 1.165) is 5.56 Å². The van der Waals surface area contributed by atoms with Gasteiger partial charge in [0.1, 0.15) is 12.1 Å². The van der Waals surface area contributed by atoms with Gasteiger partial charge in [0.15, 0.2) is 5.78 Å². The maximum Gasteiger partial charge on any atom is 0.320 e. The molecular weight excluding hydrogens is 472 g/mol. The monoisotopic (exact) mass is 512 g/mol. The van der Waals surface area contributed by atoms with Crippen LogP contribution in [0.2, 0.25) is 0 Å². The molecule has 3 aliphatic rings. The van der Waals surface area contributed by atoms with Crippen molar-refractivity contribution < 1.29 is 23.9 Å². The van der Waals surface area contributed by atoms with Crippen LogP contribution in [-0.2, 0) is 19.7 Å². The first kappa shape index (κ1) is 27.1. The van der Waals surface area contributed by atoms with E-state index in [9.17, 15) is 19.2 Å². The molecule has 1 aromatic carbocycles. The second-order valence-electron chi connectivity index (χ2n) is 11.8. The molecule has 9 heteroatoms. The van der Waals surface area contributed by atoms with Gasteiger partial charge in [-0.05, 0) is 41.9 Å². The maximum absolute atomic E-state index is 13.7. The van der Waals surface area contributed by atoms with Gasteiger partial charge in [0, 0.05) is 25.2 Å². The maximum atomic E-state index is 13.7. The molecule has 0 bridgehead atoms. The van der Waals surface area contributed by atoms with Crippen LogP contribution in [0.15, 0.2) is 24.3 Å². The SMILES string of the molecule is CC(C)CC(NC(=O)c1ccc(C(C)(C)C)cc1)C(=O)N1CCC2C1C(=O)CN2C(=O)N1CCOCC1. The molecule has 3 aliphatic heterocycles. The van der Waals surface area contributed by atoms with Crippen molar-refractivity contribution in [3.8, 4) is 0 Å². The van der Waals surface area contributed by atoms with Crippen molar-refractivity contribution >= 4 is 23.6 Å². The number of benzene rings is 1. The average molecular weight is 513 g/mol. The number of carbonyl (C=O) groups excluding carboxylic acids is 4. The van der Waals surface area contributed by atoms with Crippen LogP contribution >= 0.6 is 0 Å². The van der Waals surface area contributed by atoms with E-state index in [4.69, 9.17) is 4.74 Å². The highest BCUT2D eigenvalue weighted by Gasteiger charge is 2.53. The molecule has 1 aromatic rings. The minimum absolute atomic E-state index is 0.0106. The summed E-state index contributed by atoms with van der Waals surface area (Å²) in [6.45, 7) is 12.7. The molecule has 37 heavy (non-hydrogen) atoms. The number of nitrogens with zero attached hydrogens (tertiary/aromatic N) is 3. The Morgan fingerprint density at radius 2 is 1.68 bits per heavy atom. The van der Waals surface area contributed by atoms with Crippen LogP contribution in [0.3, 0.4) is 0 Å². The van der Waals surface area contributed by atoms with Gasteiger partial charge in [-0.3, -0.25) is 14.4 Å². The molecule has 3 unspecified atom stereocenters. The third-order valence-corrected chi connectivity index (χ3v) is 7.56. The fourth-order valence-electron chi connectivity index (χ4n) is 5.52. The number of rotatable bonds is 5. The fraction of sp³-hybridized carbons (Fsp3) is 0.643. The van der Waals surface area contributed by atoms with E-state index in [2.05, 4.69) is 26.1 Å². The first-order chi connectivity index (χ1) is 17.5. The van der Waals surface area contributed by atoms with Gasteiger partial charge in [-0.2, -0.15) is 0 Å². The number of ether oxygens (including phenoxy) is 1. The number of nitrogens with one attached hydrogen (secondary N) is 1. The number of morpholine rings is 1. The zero-order valence-electron chi connectivity index (χ0n) is 22.7. The van der Waals surface area contributed by atoms with Crippen molar-refractivity contribution in [3.05, 3.63) is 35.4 Å². The molecule has 202 valence electrons. The van der Waals surface area contributed by atoms with Crippen LogP contribution in [0, 0.1) is 5.92 Å². The van der Waals surface area contributed by atoms with E-state index in [1.54, 1.807) is 26.8 Å². The van der Waals surface area contributed by atoms with E-state index in [1.807, 2.05) is 26.0 Å². The summed E-state index contributed by atoms with van der Waals surface area (Å²) in [7, 11) is 0. The lowest BCUT2D eigenvalue weighted by Crippen LogP contribution is -2.53. The second-order valence-corrected chi connectivity index (χ2v) is 11.8. The summed E-state index contributed by atoms with van der Waals surface area (Å²) in [5, 5.41) is 2.94. The molecule has 0 aromatic heterocycles. The first-order valence-corrected chi connectivity index (χ1v) is 13.3. The lowest BCUT2D eigenvalue weighted by atomic mass is 9.86. The highest BCUT2D eigenvalue weighted by molar-refractivity contribution is 6.00. The van der Waals surface area contributed by atoms with Crippen LogP contribution in [0.25, 0.3) is 0 Å². The summed E-state index contributed by atoms with van der Waals surface area (Å²) in [5.41, 5.74) is 1.59. The molecule has 0 radical (unpaired) electrons. The van der Waals surface area contributed by atoms with Crippen LogP contribution in [0.5, 0.6) is 0 Å². The Balaban J connectivity index is 1.47. The van der Waals surface area contributed by atoms with Gasteiger partial charge < -0.3 is 24.8 Å². The molecule has 4 amide bonds. The fourth-order valence-corrected chi connectivity index (χ4v) is 5.52. The normalized spacial score (nSPS) is 22.9. The molecule has 0 aliphatic carbocycles. The van der Waals surface area contributed by atoms with Gasteiger partial charge in [0.05, 0.1) is 25.8 Å². The van der Waals surface area contributed by atoms with Gasteiger partial charge in [-0.25, -0.2) is 4.79 Å². The smallest absolute Gasteiger partial charge is 0.320 e. The lowest BCUT2D eigenvalue weighted by Gasteiger charge is -2.33. The number of likely N-dealkylation sites (tertiary alicyclic amines) is 2. The van der Waals surface area contributed by atoms with Crippen molar-refractivity contribution in [3.63, 3.8) is 0 Å². The average Bonchev–Trinajstić information content (AvgIpc) is 3.44. The van der Waals surface area contributed by atoms with E-state index >= 15 is 0 Å². The van der Waals surface area contributed by atoms with Gasteiger partial charge in [0.2, 0.25) is 5.91 Å². The summed E-state index contributed by atoms with van der Waals surface area (Å²) < 4.78 is 5.34. The summed E-state index contributed by atoms with van der Waals surface area (Å²) in [6, 6.07) is 5.56. The van der Waals surface area contributed by atoms with Crippen LogP contribution < -0.4 is 5.32 Å². The highest BCUT2D eigenvalue weighted by Crippen LogP contribution is 2.32. The number of amides is 4. The van der Waals surface area contributed by atoms with E-state index in [1.165, 1.54) is 0 Å². The molecule has 0 spiro atoms. The third-order valence-electron chi connectivity index (χ3n) is 7.56. The minimum atomic E-state index is -0.745. The number of fused-ring (bicyclic) bond motifs is 1. The third kappa shape index (κ3) is 5.81. The largest absolute Gasteiger partial charge is 0.378 e. The van der Waals surface area contributed by atoms with E-state index in [0.29, 0.717) is 51.3 Å². The van der Waals surface area contributed by atoms with Crippen molar-refractivity contribution in [1.82, 2.24) is 20.0 Å². The summed E-state index contributed by atoms with van der Waals surface area (Å²) in [4.78, 5) is 57.9. The molecule has 4 rings (SSSR count). The Morgan fingerprint density at radius 3 is 2.27 bits per heavy atom. The van der Waals surface area contributed by atoms with Crippen LogP contribution in [-0.4, -0.2) is 95.8 Å². The number of hydrogen-bond acceptors (Lipinski definition) is 5. The molecular formula is C28H40N4O5. The Morgan fingerprint density at radius 1 is 1.03 bits per heavy atom. The molecule has 3 atom stereocenters. The number of ketones is 1. The Kier molecular flexibility index (Phi) is 7.92. The molecule has 9 nitrogen and oxygen atoms in total. The van der Waals surface area contributed by atoms with Crippen molar-refractivity contribution in [1.29, 1.82) is 0 Å². The summed E-state index contributed by atoms with van der Waals surface area (Å²) in [6.07, 6.45) is 1.01. The molecule has 3 heterocycles. The zero-order valence-corrected chi connectivity index (χ0v) is 22.7. The molecule has 3 saturated heterocycles. The van der Waals surface area contributed by atoms with Gasteiger partial charge >= 0.3 is 6.03 Å². The quantitative estimate of drug-likeness (QED) is 0.653. The molecule has 0 saturated carbocycles. The first-order valence-electron chi connectivity index (χ1n) is 13.3. The predicted molar refractivity (Wildman–Crippen MR) is 139 cm³/mol. The number of carbonyl (C=O) groups is 4. The Hall–Kier alpha value is -2.94. The predicted octanol–water partition coefficient (Wildman–Crippen LogP) is 2.44. The second kappa shape index (κ2) is 10.8. The minimum Gasteiger partial charge on any atom is -0.378 e. The zero-order chi connectivity index (χ0) is 26.9. The summed E-state index contributed by atoms with van der Waals surface area (Å²) in [5.74, 6) is -0.522. The van der Waals surface area contributed by atoms with Crippen molar-refractivity contribution in [2.24, 2.45) is 5.92 Å². The standard InChI is InChI=1S/C28H40N4O5/c1-18(2)16-21(29-25(34)19-6-8-20(9-7-19)28(3,4)5)26(35)31-11-10-22-24(31)23(33)17-32(22)27(36)30-12-14-37-15-13-30/h6-9,18,21-22,24H,10-17H2,1-5H3,(H,29,34). The van der Waals surface area contributed by atoms with Gasteiger partial charge in [-0.1, -0.05) is 46.8 Å². The van der Waals surface area contributed by atoms with Gasteiger partial charge in [0.25, 0.3) is 5.91 Å². The van der Waals surface area contributed by atoms with Gasteiger partial charge in [-0.15, -0.1) is 0 Å². The lowest BCUT2D eigenvalue weighted by molar-refractivity contribution is -0.138. The summed E-state index contributed by atoms with van der Waals surface area (Å²) >= 11 is 0. The molecule has 3 fully saturated rings. The van der Waals surface area contributed by atoms with E-state index < -0.39 is 12.1 Å². The number of urea groups is 1. The Bertz CT molecular complexity index is 1030. The van der Waals surface area contributed by atoms with E-state index in [-0.39, 0.29) is 47.5 Å². The highest BCUT2D eigenvalue weighted by atomic mass is 16.5. The van der Waals surface area contributed by atoms with Crippen molar-refractivity contribution in [2.75, 3.05) is 39.4 Å². The number of hydrogen-bond donors (Lipinski definition) is 1.